The number of hydrogen-bond donors (Lipinski definition) is 1. The van der Waals surface area contributed by atoms with E-state index in [9.17, 15) is 4.79 Å². The van der Waals surface area contributed by atoms with E-state index in [0.29, 0.717) is 0 Å². The van der Waals surface area contributed by atoms with Crippen molar-refractivity contribution in [1.82, 2.24) is 0 Å². The first-order valence-electron chi connectivity index (χ1n) is 3.08. The average Bonchev–Trinajstić information content (AvgIpc) is 1.62. The SMILES string of the molecule is CC(C(=O)O)[Si](C)(C)C.[NaH]. The second-order valence-electron chi connectivity index (χ2n) is 3.43. The summed E-state index contributed by atoms with van der Waals surface area (Å²) in [4.78, 5) is 10.4. The summed E-state index contributed by atoms with van der Waals surface area (Å²) in [5.74, 6) is -0.658. The Hall–Kier alpha value is 0.687. The van der Waals surface area contributed by atoms with Gasteiger partial charge in [0.1, 0.15) is 0 Å². The number of rotatable bonds is 2. The Kier molecular flexibility index (Phi) is 6.04. The number of hydrogen-bond acceptors (Lipinski definition) is 1. The Morgan fingerprint density at radius 1 is 1.40 bits per heavy atom. The minimum absolute atomic E-state index is 0. The van der Waals surface area contributed by atoms with Crippen LogP contribution in [0.3, 0.4) is 0 Å². The van der Waals surface area contributed by atoms with Crippen LogP contribution in [0.2, 0.25) is 25.2 Å². The molecule has 0 aromatic carbocycles. The first-order chi connectivity index (χ1) is 3.85. The van der Waals surface area contributed by atoms with Gasteiger partial charge < -0.3 is 5.11 Å². The van der Waals surface area contributed by atoms with Gasteiger partial charge in [-0.15, -0.1) is 0 Å². The summed E-state index contributed by atoms with van der Waals surface area (Å²) >= 11 is 0. The summed E-state index contributed by atoms with van der Waals surface area (Å²) in [6, 6.07) is 0. The van der Waals surface area contributed by atoms with Crippen molar-refractivity contribution >= 4 is 43.6 Å². The van der Waals surface area contributed by atoms with Crippen molar-refractivity contribution in [3.8, 4) is 0 Å². The van der Waals surface area contributed by atoms with Gasteiger partial charge in [0.05, 0.1) is 8.07 Å². The molecule has 0 amide bonds. The van der Waals surface area contributed by atoms with Crippen LogP contribution in [0, 0.1) is 0 Å². The van der Waals surface area contributed by atoms with Gasteiger partial charge in [0, 0.05) is 5.54 Å². The molecule has 0 saturated heterocycles. The van der Waals surface area contributed by atoms with E-state index in [2.05, 4.69) is 19.6 Å². The molecular weight excluding hydrogens is 155 g/mol. The molecule has 0 saturated carbocycles. The van der Waals surface area contributed by atoms with Crippen molar-refractivity contribution in [2.75, 3.05) is 0 Å². The van der Waals surface area contributed by atoms with Gasteiger partial charge in [-0.2, -0.15) is 0 Å². The van der Waals surface area contributed by atoms with Crippen LogP contribution >= 0.6 is 0 Å². The number of carboxylic acids is 1. The molecule has 0 heterocycles. The Balaban J connectivity index is 0. The molecule has 10 heavy (non-hydrogen) atoms. The van der Waals surface area contributed by atoms with Gasteiger partial charge >= 0.3 is 35.5 Å². The summed E-state index contributed by atoms with van der Waals surface area (Å²) in [6.07, 6.45) is 0. The summed E-state index contributed by atoms with van der Waals surface area (Å²) in [7, 11) is -1.42. The van der Waals surface area contributed by atoms with Crippen LogP contribution in [0.1, 0.15) is 6.92 Å². The van der Waals surface area contributed by atoms with E-state index >= 15 is 0 Å². The summed E-state index contributed by atoms with van der Waals surface area (Å²) in [5.41, 5.74) is -0.127. The average molecular weight is 170 g/mol. The Morgan fingerprint density at radius 3 is 1.70 bits per heavy atom. The molecule has 0 aliphatic heterocycles. The van der Waals surface area contributed by atoms with E-state index in [1.54, 1.807) is 6.92 Å². The van der Waals surface area contributed by atoms with E-state index in [1.807, 2.05) is 0 Å². The van der Waals surface area contributed by atoms with Crippen LogP contribution < -0.4 is 0 Å². The van der Waals surface area contributed by atoms with Crippen LogP contribution in [0.5, 0.6) is 0 Å². The molecule has 0 aliphatic carbocycles. The maximum absolute atomic E-state index is 10.4. The van der Waals surface area contributed by atoms with Crippen LogP contribution in [0.15, 0.2) is 0 Å². The van der Waals surface area contributed by atoms with E-state index in [-0.39, 0.29) is 35.1 Å². The summed E-state index contributed by atoms with van der Waals surface area (Å²) in [6.45, 7) is 7.97. The fourth-order valence-electron chi connectivity index (χ4n) is 0.370. The van der Waals surface area contributed by atoms with Gasteiger partial charge in [-0.1, -0.05) is 26.6 Å². The van der Waals surface area contributed by atoms with Crippen molar-refractivity contribution in [2.45, 2.75) is 32.1 Å². The molecular formula is C6H15NaO2Si. The molecule has 0 fully saturated rings. The predicted molar refractivity (Wildman–Crippen MR) is 47.6 cm³/mol. The van der Waals surface area contributed by atoms with Gasteiger partial charge in [0.2, 0.25) is 0 Å². The zero-order valence-corrected chi connectivity index (χ0v) is 7.43. The van der Waals surface area contributed by atoms with Crippen LogP contribution in [0.25, 0.3) is 0 Å². The molecule has 2 nitrogen and oxygen atoms in total. The summed E-state index contributed by atoms with van der Waals surface area (Å²) < 4.78 is 0. The Morgan fingerprint density at radius 2 is 1.70 bits per heavy atom. The molecule has 0 aromatic heterocycles. The molecule has 4 heteroatoms. The molecule has 0 aromatic rings. The topological polar surface area (TPSA) is 37.3 Å². The normalized spacial score (nSPS) is 13.6. The van der Waals surface area contributed by atoms with E-state index in [0.717, 1.165) is 0 Å². The summed E-state index contributed by atoms with van der Waals surface area (Å²) in [5, 5.41) is 8.55. The number of carboxylic acid groups (broad SMARTS) is 1. The van der Waals surface area contributed by atoms with Gasteiger partial charge in [-0.3, -0.25) is 4.79 Å². The van der Waals surface area contributed by atoms with Crippen molar-refractivity contribution in [3.63, 3.8) is 0 Å². The quantitative estimate of drug-likeness (QED) is 0.631. The first kappa shape index (κ1) is 13.3. The fourth-order valence-corrected chi connectivity index (χ4v) is 1.11. The zero-order valence-electron chi connectivity index (χ0n) is 6.43. The first-order valence-corrected chi connectivity index (χ1v) is 6.66. The standard InChI is InChI=1S/C6H14O2Si.Na.H/c1-5(6(7)8)9(2,3)4;;/h5H,1-4H3,(H,7,8);;. The van der Waals surface area contributed by atoms with E-state index in [1.165, 1.54) is 0 Å². The van der Waals surface area contributed by atoms with Gasteiger partial charge in [-0.25, -0.2) is 0 Å². The Bertz CT molecular complexity index is 119. The van der Waals surface area contributed by atoms with E-state index in [4.69, 9.17) is 5.11 Å². The Labute approximate surface area is 85.3 Å². The maximum atomic E-state index is 10.4. The second kappa shape index (κ2) is 4.54. The zero-order chi connectivity index (χ0) is 7.65. The third kappa shape index (κ3) is 4.49. The number of carbonyl (C=O) groups is 1. The monoisotopic (exact) mass is 170 g/mol. The predicted octanol–water partition coefficient (Wildman–Crippen LogP) is 1.15. The van der Waals surface area contributed by atoms with E-state index < -0.39 is 14.0 Å². The van der Waals surface area contributed by atoms with Crippen LogP contribution in [0.4, 0.5) is 0 Å². The van der Waals surface area contributed by atoms with Gasteiger partial charge in [0.25, 0.3) is 0 Å². The third-order valence-corrected chi connectivity index (χ3v) is 4.51. The van der Waals surface area contributed by atoms with Crippen molar-refractivity contribution in [1.29, 1.82) is 0 Å². The molecule has 1 N–H and O–H groups in total. The molecule has 56 valence electrons. The number of aliphatic carboxylic acids is 1. The minimum atomic E-state index is -1.42. The molecule has 0 bridgehead atoms. The molecule has 1 unspecified atom stereocenters. The van der Waals surface area contributed by atoms with Crippen molar-refractivity contribution < 1.29 is 9.90 Å². The molecule has 1 atom stereocenters. The molecule has 0 aliphatic rings. The van der Waals surface area contributed by atoms with Crippen LogP contribution in [-0.4, -0.2) is 48.7 Å². The van der Waals surface area contributed by atoms with Crippen LogP contribution in [-0.2, 0) is 4.79 Å². The second-order valence-corrected chi connectivity index (χ2v) is 9.02. The fraction of sp³-hybridized carbons (Fsp3) is 0.833. The molecule has 0 radical (unpaired) electrons. The van der Waals surface area contributed by atoms with Gasteiger partial charge in [-0.05, 0) is 0 Å². The van der Waals surface area contributed by atoms with Crippen molar-refractivity contribution in [3.05, 3.63) is 0 Å². The third-order valence-electron chi connectivity index (χ3n) is 1.67. The van der Waals surface area contributed by atoms with Crippen molar-refractivity contribution in [2.24, 2.45) is 0 Å². The molecule has 0 spiro atoms. The van der Waals surface area contributed by atoms with Gasteiger partial charge in [0.15, 0.2) is 0 Å². The molecule has 0 rings (SSSR count).